The summed E-state index contributed by atoms with van der Waals surface area (Å²) in [5, 5.41) is 12.4. The molecule has 30 heavy (non-hydrogen) atoms. The average molecular weight is 432 g/mol. The Labute approximate surface area is 184 Å². The fraction of sp³-hybridized carbons (Fsp3) is 0.696. The zero-order chi connectivity index (χ0) is 21.1. The summed E-state index contributed by atoms with van der Waals surface area (Å²) >= 11 is 4.69. The Hall–Kier alpha value is -1.76. The van der Waals surface area contributed by atoms with Gasteiger partial charge in [0.1, 0.15) is 5.82 Å². The maximum Gasteiger partial charge on any atom is 0.303 e. The van der Waals surface area contributed by atoms with Gasteiger partial charge in [-0.2, -0.15) is 0 Å². The van der Waals surface area contributed by atoms with Crippen LogP contribution in [0.2, 0.25) is 0 Å². The topological polar surface area (TPSA) is 82.5 Å². The zero-order valence-corrected chi connectivity index (χ0v) is 18.5. The number of carbonyl (C=O) groups excluding carboxylic acids is 1. The minimum atomic E-state index is -0.748. The molecule has 1 amide bonds. The second kappa shape index (κ2) is 9.58. The Kier molecular flexibility index (Phi) is 6.86. The van der Waals surface area contributed by atoms with Gasteiger partial charge in [-0.05, 0) is 44.1 Å². The van der Waals surface area contributed by atoms with E-state index in [-0.39, 0.29) is 24.3 Å². The molecule has 7 heteroatoms. The van der Waals surface area contributed by atoms with Crippen LogP contribution in [0.1, 0.15) is 92.6 Å². The number of carboxylic acid groups (broad SMARTS) is 1. The van der Waals surface area contributed by atoms with Crippen molar-refractivity contribution in [1.29, 1.82) is 0 Å². The van der Waals surface area contributed by atoms with Gasteiger partial charge in [-0.25, -0.2) is 4.98 Å². The highest BCUT2D eigenvalue weighted by atomic mass is 32.1. The van der Waals surface area contributed by atoms with Gasteiger partial charge in [0.05, 0.1) is 11.3 Å². The van der Waals surface area contributed by atoms with Crippen molar-refractivity contribution in [2.45, 2.75) is 87.5 Å². The molecule has 3 aliphatic rings. The Balaban J connectivity index is 1.58. The maximum atomic E-state index is 13.2. The average Bonchev–Trinajstić information content (AvgIpc) is 3.40. The van der Waals surface area contributed by atoms with E-state index in [0.29, 0.717) is 22.9 Å². The number of anilines is 1. The normalized spacial score (nSPS) is 23.1. The van der Waals surface area contributed by atoms with Crippen LogP contribution in [0.25, 0.3) is 0 Å². The summed E-state index contributed by atoms with van der Waals surface area (Å²) in [6, 6.07) is 2.17. The fourth-order valence-corrected chi connectivity index (χ4v) is 5.70. The third-order valence-electron chi connectivity index (χ3n) is 6.99. The molecule has 1 atom stereocenters. The van der Waals surface area contributed by atoms with Crippen LogP contribution in [0.5, 0.6) is 0 Å². The van der Waals surface area contributed by atoms with Crippen LogP contribution in [0.3, 0.4) is 0 Å². The number of thiol groups is 1. The summed E-state index contributed by atoms with van der Waals surface area (Å²) in [5.41, 5.74) is 1.60. The number of hydrogen-bond donors (Lipinski definition) is 3. The predicted molar refractivity (Wildman–Crippen MR) is 120 cm³/mol. The van der Waals surface area contributed by atoms with Crippen LogP contribution < -0.4 is 10.2 Å². The standard InChI is InChI=1S/C23H33N3O3S/c27-20(28)12-15-10-11-26(14-15)22-19(30)13-18(21(25-22)16-6-4-5-7-16)23(29)24-17-8-2-1-3-9-17/h13,15-17,30H,1-12,14H2,(H,24,29)(H,27,28)/t15-/m1/s1. The molecule has 2 aliphatic carbocycles. The highest BCUT2D eigenvalue weighted by Gasteiger charge is 2.31. The van der Waals surface area contributed by atoms with Crippen molar-refractivity contribution in [3.63, 3.8) is 0 Å². The first-order chi connectivity index (χ1) is 14.5. The summed E-state index contributed by atoms with van der Waals surface area (Å²) in [5.74, 6) is 0.511. The van der Waals surface area contributed by atoms with Gasteiger partial charge >= 0.3 is 5.97 Å². The first-order valence-corrected chi connectivity index (χ1v) is 12.0. The summed E-state index contributed by atoms with van der Waals surface area (Å²) in [4.78, 5) is 32.1. The molecule has 2 heterocycles. The molecule has 1 aromatic heterocycles. The lowest BCUT2D eigenvalue weighted by atomic mass is 9.94. The molecule has 4 rings (SSSR count). The van der Waals surface area contributed by atoms with Gasteiger partial charge < -0.3 is 15.3 Å². The lowest BCUT2D eigenvalue weighted by molar-refractivity contribution is -0.137. The summed E-state index contributed by atoms with van der Waals surface area (Å²) in [7, 11) is 0. The third-order valence-corrected chi connectivity index (χ3v) is 7.32. The van der Waals surface area contributed by atoms with E-state index in [9.17, 15) is 9.59 Å². The Morgan fingerprint density at radius 2 is 1.80 bits per heavy atom. The van der Waals surface area contributed by atoms with Crippen LogP contribution >= 0.6 is 12.6 Å². The van der Waals surface area contributed by atoms with Gasteiger partial charge in [-0.15, -0.1) is 12.6 Å². The van der Waals surface area contributed by atoms with Crippen molar-refractivity contribution >= 4 is 30.3 Å². The van der Waals surface area contributed by atoms with Gasteiger partial charge in [0.25, 0.3) is 5.91 Å². The number of aromatic nitrogens is 1. The van der Waals surface area contributed by atoms with Gasteiger partial charge in [-0.3, -0.25) is 9.59 Å². The number of aliphatic carboxylic acids is 1. The number of hydrogen-bond acceptors (Lipinski definition) is 5. The molecule has 0 aromatic carbocycles. The highest BCUT2D eigenvalue weighted by Crippen LogP contribution is 2.38. The predicted octanol–water partition coefficient (Wildman–Crippen LogP) is 4.39. The van der Waals surface area contributed by atoms with E-state index >= 15 is 0 Å². The number of amides is 1. The fourth-order valence-electron chi connectivity index (χ4n) is 5.38. The number of pyridine rings is 1. The maximum absolute atomic E-state index is 13.2. The number of carbonyl (C=O) groups is 2. The van der Waals surface area contributed by atoms with Gasteiger partial charge in [-0.1, -0.05) is 32.1 Å². The van der Waals surface area contributed by atoms with E-state index in [1.54, 1.807) is 0 Å². The van der Waals surface area contributed by atoms with Crippen LogP contribution in [0.15, 0.2) is 11.0 Å². The van der Waals surface area contributed by atoms with Crippen molar-refractivity contribution in [2.75, 3.05) is 18.0 Å². The smallest absolute Gasteiger partial charge is 0.303 e. The first kappa shape index (κ1) is 21.5. The second-order valence-electron chi connectivity index (χ2n) is 9.25. The van der Waals surface area contributed by atoms with Crippen molar-refractivity contribution in [3.8, 4) is 0 Å². The number of rotatable bonds is 6. The van der Waals surface area contributed by atoms with E-state index in [2.05, 4.69) is 10.2 Å². The minimum Gasteiger partial charge on any atom is -0.481 e. The van der Waals surface area contributed by atoms with Crippen LogP contribution in [0.4, 0.5) is 5.82 Å². The molecule has 1 aliphatic heterocycles. The molecule has 3 fully saturated rings. The number of nitrogens with one attached hydrogen (secondary N) is 1. The van der Waals surface area contributed by atoms with Crippen molar-refractivity contribution in [2.24, 2.45) is 5.92 Å². The Morgan fingerprint density at radius 3 is 2.50 bits per heavy atom. The van der Waals surface area contributed by atoms with Crippen molar-refractivity contribution in [3.05, 3.63) is 17.3 Å². The largest absolute Gasteiger partial charge is 0.481 e. The Bertz CT molecular complexity index is 788. The van der Waals surface area contributed by atoms with E-state index < -0.39 is 5.97 Å². The van der Waals surface area contributed by atoms with Crippen LogP contribution in [-0.4, -0.2) is 41.1 Å². The quantitative estimate of drug-likeness (QED) is 0.582. The molecular formula is C23H33N3O3S. The number of carboxylic acids is 1. The lowest BCUT2D eigenvalue weighted by Gasteiger charge is -2.26. The van der Waals surface area contributed by atoms with Crippen molar-refractivity contribution < 1.29 is 14.7 Å². The molecule has 0 radical (unpaired) electrons. The Morgan fingerprint density at radius 1 is 1.10 bits per heavy atom. The first-order valence-electron chi connectivity index (χ1n) is 11.5. The SMILES string of the molecule is O=C(O)C[C@H]1CCN(c2nc(C3CCCC3)c(C(=O)NC3CCCCC3)cc2S)C1. The van der Waals surface area contributed by atoms with Gasteiger partial charge in [0, 0.05) is 36.4 Å². The second-order valence-corrected chi connectivity index (χ2v) is 9.73. The van der Waals surface area contributed by atoms with Gasteiger partial charge in [0.15, 0.2) is 0 Å². The minimum absolute atomic E-state index is 0.0108. The van der Waals surface area contributed by atoms with E-state index in [4.69, 9.17) is 22.7 Å². The molecule has 0 spiro atoms. The third kappa shape index (κ3) is 4.93. The molecule has 2 N–H and O–H groups in total. The van der Waals surface area contributed by atoms with Crippen molar-refractivity contribution in [1.82, 2.24) is 10.3 Å². The summed E-state index contributed by atoms with van der Waals surface area (Å²) in [6.07, 6.45) is 11.3. The highest BCUT2D eigenvalue weighted by molar-refractivity contribution is 7.80. The molecule has 6 nitrogen and oxygen atoms in total. The van der Waals surface area contributed by atoms with Crippen LogP contribution in [0, 0.1) is 5.92 Å². The van der Waals surface area contributed by atoms with Gasteiger partial charge in [0.2, 0.25) is 0 Å². The van der Waals surface area contributed by atoms with E-state index in [1.807, 2.05) is 6.07 Å². The lowest BCUT2D eigenvalue weighted by Crippen LogP contribution is -2.37. The molecule has 2 saturated carbocycles. The molecule has 1 aromatic rings. The van der Waals surface area contributed by atoms with E-state index in [0.717, 1.165) is 50.2 Å². The summed E-state index contributed by atoms with van der Waals surface area (Å²) in [6.45, 7) is 1.47. The molecule has 1 saturated heterocycles. The summed E-state index contributed by atoms with van der Waals surface area (Å²) < 4.78 is 0. The monoisotopic (exact) mass is 431 g/mol. The molecule has 0 unspecified atom stereocenters. The molecule has 164 valence electrons. The molecular weight excluding hydrogens is 398 g/mol. The van der Waals surface area contributed by atoms with Crippen LogP contribution in [-0.2, 0) is 4.79 Å². The molecule has 0 bridgehead atoms. The zero-order valence-electron chi connectivity index (χ0n) is 17.6. The number of nitrogens with zero attached hydrogens (tertiary/aromatic N) is 2. The van der Waals surface area contributed by atoms with E-state index in [1.165, 1.54) is 32.1 Å².